The highest BCUT2D eigenvalue weighted by Crippen LogP contribution is 2.19. The fourth-order valence-electron chi connectivity index (χ4n) is 2.92. The van der Waals surface area contributed by atoms with Crippen LogP contribution < -0.4 is 5.73 Å². The van der Waals surface area contributed by atoms with Crippen LogP contribution in [0.15, 0.2) is 30.3 Å². The van der Waals surface area contributed by atoms with Crippen LogP contribution in [0.1, 0.15) is 25.3 Å². The maximum absolute atomic E-state index is 11.7. The molecular weight excluding hydrogens is 264 g/mol. The molecule has 0 aliphatic carbocycles. The summed E-state index contributed by atoms with van der Waals surface area (Å²) in [6, 6.07) is 10.5. The van der Waals surface area contributed by atoms with Gasteiger partial charge in [-0.25, -0.2) is 0 Å². The predicted octanol–water partition coefficient (Wildman–Crippen LogP) is 1.83. The molecule has 1 saturated heterocycles. The van der Waals surface area contributed by atoms with Crippen LogP contribution in [-0.4, -0.2) is 43.2 Å². The van der Waals surface area contributed by atoms with E-state index in [9.17, 15) is 4.79 Å². The molecule has 2 rings (SSSR count). The summed E-state index contributed by atoms with van der Waals surface area (Å²) >= 11 is 0. The molecule has 0 bridgehead atoms. The second kappa shape index (κ2) is 8.15. The van der Waals surface area contributed by atoms with Gasteiger partial charge in [0.1, 0.15) is 0 Å². The van der Waals surface area contributed by atoms with E-state index in [0.717, 1.165) is 38.9 Å². The van der Waals surface area contributed by atoms with Gasteiger partial charge in [0, 0.05) is 12.6 Å². The molecule has 116 valence electrons. The molecule has 1 aromatic carbocycles. The van der Waals surface area contributed by atoms with Crippen molar-refractivity contribution in [3.8, 4) is 0 Å². The Kier molecular flexibility index (Phi) is 6.21. The lowest BCUT2D eigenvalue weighted by Crippen LogP contribution is -2.44. The van der Waals surface area contributed by atoms with Gasteiger partial charge in [0.05, 0.1) is 12.5 Å². The van der Waals surface area contributed by atoms with E-state index in [-0.39, 0.29) is 17.9 Å². The minimum Gasteiger partial charge on any atom is -0.466 e. The van der Waals surface area contributed by atoms with Gasteiger partial charge in [-0.1, -0.05) is 30.3 Å². The fourth-order valence-corrected chi connectivity index (χ4v) is 2.92. The van der Waals surface area contributed by atoms with E-state index in [1.54, 1.807) is 0 Å². The van der Waals surface area contributed by atoms with Crippen LogP contribution in [0.25, 0.3) is 0 Å². The number of ether oxygens (including phenoxy) is 1. The number of rotatable bonds is 6. The van der Waals surface area contributed by atoms with Crippen LogP contribution in [0.3, 0.4) is 0 Å². The summed E-state index contributed by atoms with van der Waals surface area (Å²) in [7, 11) is 0. The molecule has 0 amide bonds. The van der Waals surface area contributed by atoms with Gasteiger partial charge in [-0.15, -0.1) is 0 Å². The Morgan fingerprint density at radius 3 is 2.62 bits per heavy atom. The Bertz CT molecular complexity index is 428. The Hall–Kier alpha value is -1.39. The van der Waals surface area contributed by atoms with Crippen LogP contribution in [0, 0.1) is 5.92 Å². The molecule has 1 aromatic rings. The summed E-state index contributed by atoms with van der Waals surface area (Å²) in [6.07, 6.45) is 2.67. The highest BCUT2D eigenvalue weighted by atomic mass is 16.5. The summed E-state index contributed by atoms with van der Waals surface area (Å²) < 4.78 is 5.09. The summed E-state index contributed by atoms with van der Waals surface area (Å²) in [4.78, 5) is 14.1. The van der Waals surface area contributed by atoms with Crippen molar-refractivity contribution in [2.45, 2.75) is 32.2 Å². The summed E-state index contributed by atoms with van der Waals surface area (Å²) in [5.41, 5.74) is 7.53. The molecule has 1 fully saturated rings. The highest BCUT2D eigenvalue weighted by Gasteiger charge is 2.26. The van der Waals surface area contributed by atoms with Crippen LogP contribution in [-0.2, 0) is 16.0 Å². The predicted molar refractivity (Wildman–Crippen MR) is 83.9 cm³/mol. The molecule has 1 atom stereocenters. The summed E-state index contributed by atoms with van der Waals surface area (Å²) in [5, 5.41) is 0. The van der Waals surface area contributed by atoms with Gasteiger partial charge < -0.3 is 15.4 Å². The number of likely N-dealkylation sites (tertiary alicyclic amines) is 1. The van der Waals surface area contributed by atoms with E-state index < -0.39 is 0 Å². The van der Waals surface area contributed by atoms with Crippen LogP contribution in [0.4, 0.5) is 0 Å². The van der Waals surface area contributed by atoms with E-state index in [4.69, 9.17) is 10.5 Å². The number of carbonyl (C=O) groups is 1. The molecule has 4 nitrogen and oxygen atoms in total. The number of piperidine rings is 1. The largest absolute Gasteiger partial charge is 0.466 e. The smallest absolute Gasteiger partial charge is 0.309 e. The molecule has 0 aromatic heterocycles. The summed E-state index contributed by atoms with van der Waals surface area (Å²) in [6.45, 7) is 5.10. The topological polar surface area (TPSA) is 55.6 Å². The SMILES string of the molecule is CCOC(=O)C1CCN(C[C@@H](N)Cc2ccccc2)CC1. The zero-order chi connectivity index (χ0) is 15.1. The Balaban J connectivity index is 1.72. The Labute approximate surface area is 127 Å². The number of hydrogen-bond acceptors (Lipinski definition) is 4. The lowest BCUT2D eigenvalue weighted by Gasteiger charge is -2.32. The number of esters is 1. The summed E-state index contributed by atoms with van der Waals surface area (Å²) in [5.74, 6) is 0.0391. The van der Waals surface area contributed by atoms with E-state index in [2.05, 4.69) is 17.0 Å². The molecule has 1 heterocycles. The molecule has 0 unspecified atom stereocenters. The Morgan fingerprint density at radius 2 is 2.00 bits per heavy atom. The molecule has 1 aliphatic rings. The van der Waals surface area contributed by atoms with Gasteiger partial charge in [0.15, 0.2) is 0 Å². The third-order valence-corrected chi connectivity index (χ3v) is 4.04. The fraction of sp³-hybridized carbons (Fsp3) is 0.588. The monoisotopic (exact) mass is 290 g/mol. The van der Waals surface area contributed by atoms with Gasteiger partial charge in [-0.3, -0.25) is 4.79 Å². The number of nitrogens with zero attached hydrogens (tertiary/aromatic N) is 1. The number of benzene rings is 1. The second-order valence-electron chi connectivity index (χ2n) is 5.78. The van der Waals surface area contributed by atoms with Crippen molar-refractivity contribution in [2.75, 3.05) is 26.2 Å². The first kappa shape index (κ1) is 16.0. The average Bonchev–Trinajstić information content (AvgIpc) is 2.49. The van der Waals surface area contributed by atoms with Crippen molar-refractivity contribution >= 4 is 5.97 Å². The normalized spacial score (nSPS) is 18.4. The van der Waals surface area contributed by atoms with Crippen LogP contribution in [0.5, 0.6) is 0 Å². The van der Waals surface area contributed by atoms with Gasteiger partial charge in [0.2, 0.25) is 0 Å². The van der Waals surface area contributed by atoms with E-state index in [0.29, 0.717) is 6.61 Å². The van der Waals surface area contributed by atoms with Crippen LogP contribution >= 0.6 is 0 Å². The molecule has 0 radical (unpaired) electrons. The van der Waals surface area contributed by atoms with Crippen molar-refractivity contribution in [2.24, 2.45) is 11.7 Å². The molecule has 21 heavy (non-hydrogen) atoms. The first-order valence-electron chi connectivity index (χ1n) is 7.87. The van der Waals surface area contributed by atoms with Gasteiger partial charge in [0.25, 0.3) is 0 Å². The molecule has 2 N–H and O–H groups in total. The highest BCUT2D eigenvalue weighted by molar-refractivity contribution is 5.72. The first-order chi connectivity index (χ1) is 10.2. The average molecular weight is 290 g/mol. The maximum Gasteiger partial charge on any atom is 0.309 e. The van der Waals surface area contributed by atoms with Crippen molar-refractivity contribution in [3.63, 3.8) is 0 Å². The van der Waals surface area contributed by atoms with Crippen LogP contribution in [0.2, 0.25) is 0 Å². The number of carbonyl (C=O) groups excluding carboxylic acids is 1. The molecule has 4 heteroatoms. The lowest BCUT2D eigenvalue weighted by atomic mass is 9.96. The van der Waals surface area contributed by atoms with E-state index in [1.807, 2.05) is 25.1 Å². The van der Waals surface area contributed by atoms with Gasteiger partial charge >= 0.3 is 5.97 Å². The van der Waals surface area contributed by atoms with Crippen molar-refractivity contribution in [3.05, 3.63) is 35.9 Å². The van der Waals surface area contributed by atoms with Crippen molar-refractivity contribution in [1.29, 1.82) is 0 Å². The van der Waals surface area contributed by atoms with E-state index >= 15 is 0 Å². The quantitative estimate of drug-likeness (QED) is 0.812. The Morgan fingerprint density at radius 1 is 1.33 bits per heavy atom. The molecular formula is C17H26N2O2. The minimum atomic E-state index is -0.0364. The number of hydrogen-bond donors (Lipinski definition) is 1. The zero-order valence-electron chi connectivity index (χ0n) is 12.8. The number of nitrogens with two attached hydrogens (primary N) is 1. The third kappa shape index (κ3) is 5.14. The van der Waals surface area contributed by atoms with Gasteiger partial charge in [-0.05, 0) is 44.8 Å². The zero-order valence-corrected chi connectivity index (χ0v) is 12.8. The van der Waals surface area contributed by atoms with Gasteiger partial charge in [-0.2, -0.15) is 0 Å². The minimum absolute atomic E-state index is 0.0364. The molecule has 0 saturated carbocycles. The maximum atomic E-state index is 11.7. The molecule has 0 spiro atoms. The van der Waals surface area contributed by atoms with E-state index in [1.165, 1.54) is 5.56 Å². The first-order valence-corrected chi connectivity index (χ1v) is 7.87. The molecule has 1 aliphatic heterocycles. The standard InChI is InChI=1S/C17H26N2O2/c1-2-21-17(20)15-8-10-19(11-9-15)13-16(18)12-14-6-4-3-5-7-14/h3-7,15-16H,2,8-13,18H2,1H3/t16-/m0/s1. The van der Waals surface area contributed by atoms with Crippen molar-refractivity contribution < 1.29 is 9.53 Å². The second-order valence-corrected chi connectivity index (χ2v) is 5.78. The lowest BCUT2D eigenvalue weighted by molar-refractivity contribution is -0.149. The van der Waals surface area contributed by atoms with Crippen molar-refractivity contribution in [1.82, 2.24) is 4.90 Å². The third-order valence-electron chi connectivity index (χ3n) is 4.04.